The van der Waals surface area contributed by atoms with Crippen molar-refractivity contribution in [3.8, 4) is 0 Å². The Hall–Kier alpha value is 0.180. The maximum absolute atomic E-state index is 11.7. The maximum Gasteiger partial charge on any atom is 0.211 e. The van der Waals surface area contributed by atoms with Crippen molar-refractivity contribution in [1.29, 1.82) is 0 Å². The highest BCUT2D eigenvalue weighted by molar-refractivity contribution is 7.99. The van der Waals surface area contributed by atoms with E-state index in [1.807, 2.05) is 18.8 Å². The molecular formula is C11H25N3O2S2. The number of nitrogens with one attached hydrogen (secondary N) is 2. The first-order chi connectivity index (χ1) is 8.64. The molecule has 7 heteroatoms. The van der Waals surface area contributed by atoms with E-state index in [4.69, 9.17) is 0 Å². The lowest BCUT2D eigenvalue weighted by atomic mass is 10.3. The average molecular weight is 295 g/mol. The van der Waals surface area contributed by atoms with Gasteiger partial charge < -0.3 is 10.2 Å². The van der Waals surface area contributed by atoms with Gasteiger partial charge in [0.15, 0.2) is 0 Å². The largest absolute Gasteiger partial charge is 0.320 e. The zero-order valence-electron chi connectivity index (χ0n) is 11.2. The highest BCUT2D eigenvalue weighted by Crippen LogP contribution is 2.08. The average Bonchev–Trinajstić information content (AvgIpc) is 2.36. The Balaban J connectivity index is 2.08. The molecule has 2 N–H and O–H groups in total. The number of hydrogen-bond acceptors (Lipinski definition) is 5. The van der Waals surface area contributed by atoms with E-state index in [1.165, 1.54) is 0 Å². The van der Waals surface area contributed by atoms with Gasteiger partial charge in [-0.15, -0.1) is 0 Å². The predicted molar refractivity (Wildman–Crippen MR) is 78.7 cm³/mol. The summed E-state index contributed by atoms with van der Waals surface area (Å²) in [6.07, 6.45) is 1.62. The molecule has 1 rings (SSSR count). The number of rotatable bonds is 9. The molecule has 5 nitrogen and oxygen atoms in total. The number of nitrogens with zero attached hydrogens (tertiary/aromatic N) is 1. The fraction of sp³-hybridized carbons (Fsp3) is 1.00. The SMILES string of the molecule is CNCCCCS(=O)(=O)NCCN1CCSCC1. The van der Waals surface area contributed by atoms with Crippen LogP contribution >= 0.6 is 11.8 Å². The summed E-state index contributed by atoms with van der Waals surface area (Å²) in [6, 6.07) is 0. The zero-order valence-corrected chi connectivity index (χ0v) is 12.8. The van der Waals surface area contributed by atoms with Crippen LogP contribution in [0.15, 0.2) is 0 Å². The molecule has 108 valence electrons. The Kier molecular flexibility index (Phi) is 8.25. The van der Waals surface area contributed by atoms with Crippen LogP contribution in [-0.4, -0.2) is 70.3 Å². The molecule has 0 amide bonds. The van der Waals surface area contributed by atoms with Gasteiger partial charge >= 0.3 is 0 Å². The first-order valence-electron chi connectivity index (χ1n) is 6.56. The van der Waals surface area contributed by atoms with Gasteiger partial charge in [0.1, 0.15) is 0 Å². The molecule has 1 saturated heterocycles. The lowest BCUT2D eigenvalue weighted by Crippen LogP contribution is -2.39. The first kappa shape index (κ1) is 16.2. The summed E-state index contributed by atoms with van der Waals surface area (Å²) in [5.74, 6) is 2.57. The standard InChI is InChI=1S/C11H25N3O2S2/c1-12-4-2-3-11-18(15,16)13-5-6-14-7-9-17-10-8-14/h12-13H,2-11H2,1H3. The van der Waals surface area contributed by atoms with Gasteiger partial charge in [-0.3, -0.25) is 0 Å². The minimum absolute atomic E-state index is 0.241. The van der Waals surface area contributed by atoms with Gasteiger partial charge in [0, 0.05) is 37.7 Å². The van der Waals surface area contributed by atoms with Crippen LogP contribution in [0.4, 0.5) is 0 Å². The third-order valence-electron chi connectivity index (χ3n) is 2.94. The zero-order chi connectivity index (χ0) is 13.3. The monoisotopic (exact) mass is 295 g/mol. The van der Waals surface area contributed by atoms with Crippen molar-refractivity contribution < 1.29 is 8.42 Å². The van der Waals surface area contributed by atoms with Gasteiger partial charge in [-0.05, 0) is 26.4 Å². The summed E-state index contributed by atoms with van der Waals surface area (Å²) >= 11 is 1.97. The molecular weight excluding hydrogens is 270 g/mol. The van der Waals surface area contributed by atoms with Crippen molar-refractivity contribution in [1.82, 2.24) is 14.9 Å². The predicted octanol–water partition coefficient (Wildman–Crippen LogP) is -0.0458. The first-order valence-corrected chi connectivity index (χ1v) is 9.37. The Morgan fingerprint density at radius 2 is 1.89 bits per heavy atom. The Labute approximate surface area is 115 Å². The molecule has 0 radical (unpaired) electrons. The van der Waals surface area contributed by atoms with E-state index in [9.17, 15) is 8.42 Å². The van der Waals surface area contributed by atoms with Crippen LogP contribution in [0.2, 0.25) is 0 Å². The minimum atomic E-state index is -3.07. The van der Waals surface area contributed by atoms with Gasteiger partial charge in [-0.25, -0.2) is 13.1 Å². The van der Waals surface area contributed by atoms with Crippen LogP contribution in [0.5, 0.6) is 0 Å². The number of hydrogen-bond donors (Lipinski definition) is 2. The highest BCUT2D eigenvalue weighted by Gasteiger charge is 2.12. The van der Waals surface area contributed by atoms with Crippen LogP contribution in [0.25, 0.3) is 0 Å². The molecule has 1 heterocycles. The summed E-state index contributed by atoms with van der Waals surface area (Å²) in [7, 11) is -1.19. The van der Waals surface area contributed by atoms with Gasteiger partial charge in [-0.2, -0.15) is 11.8 Å². The van der Waals surface area contributed by atoms with E-state index in [0.29, 0.717) is 6.54 Å². The second kappa shape index (κ2) is 9.14. The van der Waals surface area contributed by atoms with Gasteiger partial charge in [0.05, 0.1) is 5.75 Å². The molecule has 0 saturated carbocycles. The number of thioether (sulfide) groups is 1. The molecule has 0 atom stereocenters. The molecule has 0 spiro atoms. The summed E-state index contributed by atoms with van der Waals surface area (Å²) in [4.78, 5) is 2.32. The maximum atomic E-state index is 11.7. The molecule has 0 aliphatic carbocycles. The molecule has 0 unspecified atom stereocenters. The fourth-order valence-corrected chi connectivity index (χ4v) is 3.96. The van der Waals surface area contributed by atoms with Crippen molar-refractivity contribution in [3.63, 3.8) is 0 Å². The summed E-state index contributed by atoms with van der Waals surface area (Å²) < 4.78 is 26.0. The van der Waals surface area contributed by atoms with E-state index in [0.717, 1.165) is 50.5 Å². The van der Waals surface area contributed by atoms with Gasteiger partial charge in [0.2, 0.25) is 10.0 Å². The fourth-order valence-electron chi connectivity index (χ4n) is 1.85. The van der Waals surface area contributed by atoms with Crippen molar-refractivity contribution in [2.45, 2.75) is 12.8 Å². The van der Waals surface area contributed by atoms with Crippen LogP contribution < -0.4 is 10.0 Å². The topological polar surface area (TPSA) is 61.4 Å². The summed E-state index contributed by atoms with van der Waals surface area (Å²) in [5, 5.41) is 3.02. The molecule has 1 fully saturated rings. The van der Waals surface area contributed by atoms with E-state index in [2.05, 4.69) is 14.9 Å². The number of sulfonamides is 1. The second-order valence-corrected chi connectivity index (χ2v) is 7.63. The lowest BCUT2D eigenvalue weighted by molar-refractivity contribution is 0.307. The molecule has 0 bridgehead atoms. The van der Waals surface area contributed by atoms with Gasteiger partial charge in [0.25, 0.3) is 0 Å². The van der Waals surface area contributed by atoms with E-state index < -0.39 is 10.0 Å². The molecule has 0 aromatic carbocycles. The van der Waals surface area contributed by atoms with Gasteiger partial charge in [-0.1, -0.05) is 0 Å². The van der Waals surface area contributed by atoms with E-state index in [-0.39, 0.29) is 5.75 Å². The molecule has 0 aromatic heterocycles. The highest BCUT2D eigenvalue weighted by atomic mass is 32.2. The van der Waals surface area contributed by atoms with E-state index in [1.54, 1.807) is 0 Å². The molecule has 1 aliphatic heterocycles. The van der Waals surface area contributed by atoms with Crippen LogP contribution in [0.1, 0.15) is 12.8 Å². The van der Waals surface area contributed by atoms with Crippen molar-refractivity contribution in [2.24, 2.45) is 0 Å². The minimum Gasteiger partial charge on any atom is -0.320 e. The smallest absolute Gasteiger partial charge is 0.211 e. The molecule has 1 aliphatic rings. The quantitative estimate of drug-likeness (QED) is 0.584. The molecule has 18 heavy (non-hydrogen) atoms. The Bertz CT molecular complexity index is 303. The van der Waals surface area contributed by atoms with Crippen molar-refractivity contribution >= 4 is 21.8 Å². The number of unbranched alkanes of at least 4 members (excludes halogenated alkanes) is 1. The summed E-state index contributed by atoms with van der Waals surface area (Å²) in [5.41, 5.74) is 0. The van der Waals surface area contributed by atoms with Crippen LogP contribution in [0, 0.1) is 0 Å². The summed E-state index contributed by atoms with van der Waals surface area (Å²) in [6.45, 7) is 4.40. The van der Waals surface area contributed by atoms with Crippen LogP contribution in [-0.2, 0) is 10.0 Å². The van der Waals surface area contributed by atoms with Crippen LogP contribution in [0.3, 0.4) is 0 Å². The Morgan fingerprint density at radius 3 is 2.56 bits per heavy atom. The molecule has 0 aromatic rings. The third-order valence-corrected chi connectivity index (χ3v) is 5.36. The van der Waals surface area contributed by atoms with E-state index >= 15 is 0 Å². The normalized spacial score (nSPS) is 18.1. The van der Waals surface area contributed by atoms with Crippen molar-refractivity contribution in [3.05, 3.63) is 0 Å². The second-order valence-electron chi connectivity index (χ2n) is 4.48. The third kappa shape index (κ3) is 7.58. The Morgan fingerprint density at radius 1 is 1.17 bits per heavy atom. The lowest BCUT2D eigenvalue weighted by Gasteiger charge is -2.25. The van der Waals surface area contributed by atoms with Crippen molar-refractivity contribution in [2.75, 3.05) is 57.0 Å².